The van der Waals surface area contributed by atoms with E-state index in [9.17, 15) is 9.59 Å². The van der Waals surface area contributed by atoms with E-state index in [2.05, 4.69) is 5.32 Å². The van der Waals surface area contributed by atoms with Gasteiger partial charge >= 0.3 is 0 Å². The van der Waals surface area contributed by atoms with Gasteiger partial charge in [-0.15, -0.1) is 0 Å². The highest BCUT2D eigenvalue weighted by Crippen LogP contribution is 2.34. The number of para-hydroxylation sites is 2. The van der Waals surface area contributed by atoms with Crippen LogP contribution in [-0.2, 0) is 11.4 Å². The number of nitrogens with zero attached hydrogens (tertiary/aromatic N) is 2. The number of methoxy groups -OCH3 is 2. The van der Waals surface area contributed by atoms with E-state index >= 15 is 0 Å². The fourth-order valence-electron chi connectivity index (χ4n) is 5.35. The van der Waals surface area contributed by atoms with Gasteiger partial charge < -0.3 is 19.5 Å². The smallest absolute Gasteiger partial charge is 0.271 e. The summed E-state index contributed by atoms with van der Waals surface area (Å²) in [5.74, 6) is 1.17. The third kappa shape index (κ3) is 6.69. The molecule has 0 unspecified atom stereocenters. The van der Waals surface area contributed by atoms with Crippen LogP contribution < -0.4 is 34.4 Å². The van der Waals surface area contributed by atoms with Crippen molar-refractivity contribution in [2.75, 3.05) is 19.5 Å². The number of thiazole rings is 1. The molecule has 0 saturated heterocycles. The second kappa shape index (κ2) is 13.9. The standard InChI is InChI=1S/C36H29Cl2N3O5S/c1-21-31(34(42)40-26-11-5-4-6-12-26)32(22-9-7-13-27(17-22)44-2)41-35(43)30(47-36(41)39-21)18-23-10-8-14-29(45-3)33(23)46-20-24-15-16-25(37)19-28(24)38/h4-19,32H,20H2,1-3H3,(H,40,42)/b30-18-/t32-/m0/s1. The lowest BCUT2D eigenvalue weighted by Gasteiger charge is -2.25. The fourth-order valence-corrected chi connectivity index (χ4v) is 6.85. The molecule has 1 aliphatic heterocycles. The van der Waals surface area contributed by atoms with Gasteiger partial charge in [-0.2, -0.15) is 0 Å². The highest BCUT2D eigenvalue weighted by molar-refractivity contribution is 7.07. The van der Waals surface area contributed by atoms with Crippen molar-refractivity contribution in [3.63, 3.8) is 0 Å². The molecule has 1 aromatic heterocycles. The van der Waals surface area contributed by atoms with Gasteiger partial charge in [-0.05, 0) is 61.0 Å². The number of carbonyl (C=O) groups excluding carboxylic acids is 1. The number of rotatable bonds is 9. The summed E-state index contributed by atoms with van der Waals surface area (Å²) >= 11 is 13.7. The molecule has 0 saturated carbocycles. The molecular formula is C36H29Cl2N3O5S. The van der Waals surface area contributed by atoms with Gasteiger partial charge in [0.1, 0.15) is 12.4 Å². The first-order valence-corrected chi connectivity index (χ1v) is 16.1. The number of hydrogen-bond acceptors (Lipinski definition) is 7. The van der Waals surface area contributed by atoms with E-state index in [4.69, 9.17) is 42.4 Å². The van der Waals surface area contributed by atoms with Crippen LogP contribution in [0.25, 0.3) is 6.08 Å². The second-order valence-corrected chi connectivity index (χ2v) is 12.4. The van der Waals surface area contributed by atoms with Crippen molar-refractivity contribution in [3.8, 4) is 17.2 Å². The third-order valence-electron chi connectivity index (χ3n) is 7.61. The Bertz CT molecular complexity index is 2190. The summed E-state index contributed by atoms with van der Waals surface area (Å²) < 4.78 is 19.3. The Balaban J connectivity index is 1.46. The Labute approximate surface area is 284 Å². The van der Waals surface area contributed by atoms with Crippen LogP contribution >= 0.6 is 34.5 Å². The lowest BCUT2D eigenvalue weighted by molar-refractivity contribution is -0.113. The number of anilines is 1. The molecule has 0 aliphatic carbocycles. The monoisotopic (exact) mass is 685 g/mol. The Morgan fingerprint density at radius 3 is 2.51 bits per heavy atom. The van der Waals surface area contributed by atoms with E-state index in [1.165, 1.54) is 11.3 Å². The lowest BCUT2D eigenvalue weighted by atomic mass is 9.95. The predicted molar refractivity (Wildman–Crippen MR) is 186 cm³/mol. The molecule has 0 spiro atoms. The van der Waals surface area contributed by atoms with Crippen LogP contribution in [0.5, 0.6) is 17.2 Å². The molecule has 1 aliphatic rings. The first kappa shape index (κ1) is 32.1. The maximum absolute atomic E-state index is 14.3. The van der Waals surface area contributed by atoms with Crippen molar-refractivity contribution in [2.45, 2.75) is 19.6 Å². The van der Waals surface area contributed by atoms with Crippen molar-refractivity contribution in [1.82, 2.24) is 4.57 Å². The molecule has 4 aromatic carbocycles. The molecule has 5 aromatic rings. The average Bonchev–Trinajstić information content (AvgIpc) is 3.37. The minimum absolute atomic E-state index is 0.146. The first-order valence-electron chi connectivity index (χ1n) is 14.5. The summed E-state index contributed by atoms with van der Waals surface area (Å²) in [7, 11) is 3.12. The van der Waals surface area contributed by atoms with Crippen molar-refractivity contribution in [3.05, 3.63) is 149 Å². The quantitative estimate of drug-likeness (QED) is 0.185. The van der Waals surface area contributed by atoms with Crippen molar-refractivity contribution in [1.29, 1.82) is 0 Å². The number of nitrogens with one attached hydrogen (secondary N) is 1. The van der Waals surface area contributed by atoms with E-state index in [1.54, 1.807) is 68.2 Å². The minimum atomic E-state index is -0.764. The molecule has 1 atom stereocenters. The van der Waals surface area contributed by atoms with Crippen LogP contribution in [0.4, 0.5) is 5.69 Å². The van der Waals surface area contributed by atoms with Crippen LogP contribution in [0.1, 0.15) is 29.7 Å². The van der Waals surface area contributed by atoms with Gasteiger partial charge in [0.25, 0.3) is 11.5 Å². The normalized spacial score (nSPS) is 14.3. The summed E-state index contributed by atoms with van der Waals surface area (Å²) in [4.78, 5) is 33.4. The summed E-state index contributed by atoms with van der Waals surface area (Å²) in [5.41, 5.74) is 3.24. The molecule has 2 heterocycles. The van der Waals surface area contributed by atoms with Crippen LogP contribution in [0, 0.1) is 0 Å². The largest absolute Gasteiger partial charge is 0.497 e. The Kier molecular flexibility index (Phi) is 9.49. The number of halogens is 2. The van der Waals surface area contributed by atoms with E-state index < -0.39 is 6.04 Å². The number of ether oxygens (including phenoxy) is 3. The Morgan fingerprint density at radius 1 is 0.979 bits per heavy atom. The van der Waals surface area contributed by atoms with Gasteiger partial charge in [-0.25, -0.2) is 4.99 Å². The molecule has 0 radical (unpaired) electrons. The van der Waals surface area contributed by atoms with Gasteiger partial charge in [0.15, 0.2) is 16.3 Å². The summed E-state index contributed by atoms with van der Waals surface area (Å²) in [5, 5.41) is 3.96. The summed E-state index contributed by atoms with van der Waals surface area (Å²) in [6.45, 7) is 1.92. The number of amides is 1. The molecule has 1 amide bonds. The van der Waals surface area contributed by atoms with Crippen LogP contribution in [-0.4, -0.2) is 24.7 Å². The second-order valence-electron chi connectivity index (χ2n) is 10.6. The minimum Gasteiger partial charge on any atom is -0.497 e. The topological polar surface area (TPSA) is 91.2 Å². The van der Waals surface area contributed by atoms with Gasteiger partial charge in [-0.3, -0.25) is 14.2 Å². The van der Waals surface area contributed by atoms with E-state index in [0.29, 0.717) is 64.7 Å². The van der Waals surface area contributed by atoms with Crippen LogP contribution in [0.3, 0.4) is 0 Å². The predicted octanol–water partition coefficient (Wildman–Crippen LogP) is 6.78. The molecule has 1 N–H and O–H groups in total. The van der Waals surface area contributed by atoms with E-state index in [1.807, 2.05) is 54.6 Å². The maximum atomic E-state index is 14.3. The average molecular weight is 687 g/mol. The maximum Gasteiger partial charge on any atom is 0.271 e. The zero-order chi connectivity index (χ0) is 33.1. The number of allylic oxidation sites excluding steroid dienone is 1. The van der Waals surface area contributed by atoms with Gasteiger partial charge in [0, 0.05) is 26.9 Å². The zero-order valence-electron chi connectivity index (χ0n) is 25.6. The highest BCUT2D eigenvalue weighted by Gasteiger charge is 2.33. The van der Waals surface area contributed by atoms with E-state index in [-0.39, 0.29) is 18.1 Å². The molecule has 0 fully saturated rings. The first-order chi connectivity index (χ1) is 22.8. The lowest BCUT2D eigenvalue weighted by Crippen LogP contribution is -2.40. The molecule has 11 heteroatoms. The molecule has 238 valence electrons. The molecule has 6 rings (SSSR count). The number of benzene rings is 4. The number of fused-ring (bicyclic) bond motifs is 1. The van der Waals surface area contributed by atoms with Crippen molar-refractivity contribution in [2.24, 2.45) is 4.99 Å². The zero-order valence-corrected chi connectivity index (χ0v) is 28.0. The SMILES string of the molecule is COc1cccc([C@H]2C(C(=O)Nc3ccccc3)=C(C)N=c3s/c(=C\c4cccc(OC)c4OCc4ccc(Cl)cc4Cl)c(=O)n32)c1. The summed E-state index contributed by atoms with van der Waals surface area (Å²) in [6.07, 6.45) is 1.75. The van der Waals surface area contributed by atoms with Gasteiger partial charge in [0.05, 0.1) is 36.1 Å². The number of carbonyl (C=O) groups is 1. The van der Waals surface area contributed by atoms with Crippen LogP contribution in [0.15, 0.2) is 112 Å². The highest BCUT2D eigenvalue weighted by atomic mass is 35.5. The summed E-state index contributed by atoms with van der Waals surface area (Å²) in [6, 6.07) is 26.4. The van der Waals surface area contributed by atoms with E-state index in [0.717, 1.165) is 5.56 Å². The number of aromatic nitrogens is 1. The van der Waals surface area contributed by atoms with Crippen molar-refractivity contribution < 1.29 is 19.0 Å². The fraction of sp³-hybridized carbons (Fsp3) is 0.139. The Hall–Kier alpha value is -4.83. The number of hydrogen-bond donors (Lipinski definition) is 1. The van der Waals surface area contributed by atoms with Crippen molar-refractivity contribution >= 4 is 52.2 Å². The van der Waals surface area contributed by atoms with Gasteiger partial charge in [0.2, 0.25) is 0 Å². The Morgan fingerprint density at radius 2 is 1.77 bits per heavy atom. The molecular weight excluding hydrogens is 657 g/mol. The third-order valence-corrected chi connectivity index (χ3v) is 9.18. The van der Waals surface area contributed by atoms with Crippen LogP contribution in [0.2, 0.25) is 10.0 Å². The molecule has 47 heavy (non-hydrogen) atoms. The molecule has 8 nitrogen and oxygen atoms in total. The molecule has 0 bridgehead atoms. The van der Waals surface area contributed by atoms with Gasteiger partial charge in [-0.1, -0.05) is 83.1 Å².